The molecule has 17 heavy (non-hydrogen) atoms. The van der Waals surface area contributed by atoms with Crippen LogP contribution in [0.4, 0.5) is 0 Å². The minimum absolute atomic E-state index is 0.234. The van der Waals surface area contributed by atoms with Gasteiger partial charge in [-0.25, -0.2) is 0 Å². The molecular weight excluding hydrogens is 208 g/mol. The number of hydrogen-bond acceptors (Lipinski definition) is 1. The van der Waals surface area contributed by atoms with Crippen molar-refractivity contribution in [2.45, 2.75) is 52.9 Å². The average molecular weight is 232 g/mol. The molecule has 0 radical (unpaired) electrons. The molecule has 0 fully saturated rings. The van der Waals surface area contributed by atoms with Crippen LogP contribution >= 0.6 is 0 Å². The summed E-state index contributed by atoms with van der Waals surface area (Å²) in [4.78, 5) is 0. The van der Waals surface area contributed by atoms with E-state index in [2.05, 4.69) is 46.8 Å². The lowest BCUT2D eigenvalue weighted by Crippen LogP contribution is -2.41. The highest BCUT2D eigenvalue weighted by atomic mass is 16.5. The Labute approximate surface area is 105 Å². The van der Waals surface area contributed by atoms with Crippen molar-refractivity contribution in [3.63, 3.8) is 0 Å². The molecule has 1 aromatic rings. The standard InChI is InChI=1S/C16H24O/c1-11-9-13-12(10-14(11)17-6)7-8-15(2,3)16(13,4)5/h9-10H,7-8H2,1-6H3. The summed E-state index contributed by atoms with van der Waals surface area (Å²) in [5, 5.41) is 0. The molecule has 1 aliphatic carbocycles. The maximum Gasteiger partial charge on any atom is 0.122 e. The third kappa shape index (κ3) is 1.76. The van der Waals surface area contributed by atoms with E-state index in [0.29, 0.717) is 5.41 Å². The van der Waals surface area contributed by atoms with Crippen LogP contribution in [-0.2, 0) is 11.8 Å². The van der Waals surface area contributed by atoms with E-state index in [4.69, 9.17) is 4.74 Å². The second-order valence-corrected chi connectivity index (χ2v) is 6.49. The zero-order valence-corrected chi connectivity index (χ0v) is 12.0. The van der Waals surface area contributed by atoms with Crippen LogP contribution in [0, 0.1) is 12.3 Å². The largest absolute Gasteiger partial charge is 0.496 e. The summed E-state index contributed by atoms with van der Waals surface area (Å²) in [6.45, 7) is 11.6. The summed E-state index contributed by atoms with van der Waals surface area (Å²) in [7, 11) is 1.76. The highest BCUT2D eigenvalue weighted by Gasteiger charge is 2.42. The van der Waals surface area contributed by atoms with Gasteiger partial charge in [-0.2, -0.15) is 0 Å². The van der Waals surface area contributed by atoms with Crippen molar-refractivity contribution in [2.75, 3.05) is 7.11 Å². The van der Waals surface area contributed by atoms with Crippen LogP contribution in [0.1, 0.15) is 50.8 Å². The summed E-state index contributed by atoms with van der Waals surface area (Å²) >= 11 is 0. The normalized spacial score (nSPS) is 20.8. The van der Waals surface area contributed by atoms with Crippen LogP contribution in [-0.4, -0.2) is 7.11 Å². The van der Waals surface area contributed by atoms with Gasteiger partial charge < -0.3 is 4.74 Å². The zero-order chi connectivity index (χ0) is 12.8. The Morgan fingerprint density at radius 3 is 2.35 bits per heavy atom. The molecule has 1 aliphatic rings. The van der Waals surface area contributed by atoms with Gasteiger partial charge in [0, 0.05) is 0 Å². The summed E-state index contributed by atoms with van der Waals surface area (Å²) in [5.74, 6) is 1.03. The molecule has 0 spiro atoms. The van der Waals surface area contributed by atoms with Crippen molar-refractivity contribution >= 4 is 0 Å². The SMILES string of the molecule is COc1cc2c(cc1C)C(C)(C)C(C)(C)CC2. The Hall–Kier alpha value is -0.980. The summed E-state index contributed by atoms with van der Waals surface area (Å²) in [5.41, 5.74) is 4.82. The lowest BCUT2D eigenvalue weighted by atomic mass is 9.57. The van der Waals surface area contributed by atoms with E-state index in [1.54, 1.807) is 7.11 Å². The van der Waals surface area contributed by atoms with Crippen LogP contribution < -0.4 is 4.74 Å². The maximum absolute atomic E-state index is 5.43. The van der Waals surface area contributed by atoms with Gasteiger partial charge in [0.2, 0.25) is 0 Å². The highest BCUT2D eigenvalue weighted by molar-refractivity contribution is 5.47. The van der Waals surface area contributed by atoms with Gasteiger partial charge in [0.15, 0.2) is 0 Å². The number of fused-ring (bicyclic) bond motifs is 1. The van der Waals surface area contributed by atoms with Crippen molar-refractivity contribution in [1.29, 1.82) is 0 Å². The Bertz CT molecular complexity index is 441. The minimum atomic E-state index is 0.234. The third-order valence-electron chi connectivity index (χ3n) is 5.01. The Balaban J connectivity index is 2.60. The first kappa shape index (κ1) is 12.5. The van der Waals surface area contributed by atoms with Crippen molar-refractivity contribution in [3.05, 3.63) is 28.8 Å². The predicted octanol–water partition coefficient (Wildman–Crippen LogP) is 4.25. The Kier molecular flexibility index (Phi) is 2.76. The van der Waals surface area contributed by atoms with Crippen molar-refractivity contribution in [2.24, 2.45) is 5.41 Å². The topological polar surface area (TPSA) is 9.23 Å². The molecule has 1 aromatic carbocycles. The van der Waals surface area contributed by atoms with Crippen LogP contribution in [0.3, 0.4) is 0 Å². The first-order valence-electron chi connectivity index (χ1n) is 6.47. The molecular formula is C16H24O. The summed E-state index contributed by atoms with van der Waals surface area (Å²) < 4.78 is 5.43. The number of ether oxygens (including phenoxy) is 1. The molecule has 0 amide bonds. The quantitative estimate of drug-likeness (QED) is 0.703. The van der Waals surface area contributed by atoms with Gasteiger partial charge in [-0.3, -0.25) is 0 Å². The zero-order valence-electron chi connectivity index (χ0n) is 12.0. The summed E-state index contributed by atoms with van der Waals surface area (Å²) in [6, 6.07) is 4.57. The van der Waals surface area contributed by atoms with Gasteiger partial charge in [-0.15, -0.1) is 0 Å². The van der Waals surface area contributed by atoms with Gasteiger partial charge in [0.05, 0.1) is 7.11 Å². The molecule has 0 aromatic heterocycles. The first-order valence-corrected chi connectivity index (χ1v) is 6.47. The smallest absolute Gasteiger partial charge is 0.122 e. The fourth-order valence-corrected chi connectivity index (χ4v) is 2.86. The first-order chi connectivity index (χ1) is 7.79. The number of methoxy groups -OCH3 is 1. The van der Waals surface area contributed by atoms with Gasteiger partial charge >= 0.3 is 0 Å². The van der Waals surface area contributed by atoms with Crippen LogP contribution in [0.2, 0.25) is 0 Å². The molecule has 0 N–H and O–H groups in total. The molecule has 94 valence electrons. The van der Waals surface area contributed by atoms with Gasteiger partial charge in [0.25, 0.3) is 0 Å². The van der Waals surface area contributed by atoms with Crippen molar-refractivity contribution < 1.29 is 4.74 Å². The number of rotatable bonds is 1. The fourth-order valence-electron chi connectivity index (χ4n) is 2.86. The van der Waals surface area contributed by atoms with E-state index < -0.39 is 0 Å². The lowest BCUT2D eigenvalue weighted by Gasteiger charge is -2.47. The van der Waals surface area contributed by atoms with Gasteiger partial charge in [-0.1, -0.05) is 33.8 Å². The molecule has 0 unspecified atom stereocenters. The van der Waals surface area contributed by atoms with Crippen LogP contribution in [0.25, 0.3) is 0 Å². The highest BCUT2D eigenvalue weighted by Crippen LogP contribution is 2.50. The second-order valence-electron chi connectivity index (χ2n) is 6.49. The lowest BCUT2D eigenvalue weighted by molar-refractivity contribution is 0.164. The Morgan fingerprint density at radius 2 is 1.76 bits per heavy atom. The Morgan fingerprint density at radius 1 is 1.12 bits per heavy atom. The van der Waals surface area contributed by atoms with E-state index in [1.165, 1.54) is 29.5 Å². The van der Waals surface area contributed by atoms with E-state index in [1.807, 2.05) is 0 Å². The van der Waals surface area contributed by atoms with Crippen LogP contribution in [0.15, 0.2) is 12.1 Å². The molecule has 0 heterocycles. The molecule has 0 saturated heterocycles. The van der Waals surface area contributed by atoms with Gasteiger partial charge in [0.1, 0.15) is 5.75 Å². The van der Waals surface area contributed by atoms with Gasteiger partial charge in [-0.05, 0) is 53.4 Å². The van der Waals surface area contributed by atoms with E-state index in [0.717, 1.165) is 5.75 Å². The van der Waals surface area contributed by atoms with E-state index in [9.17, 15) is 0 Å². The minimum Gasteiger partial charge on any atom is -0.496 e. The van der Waals surface area contributed by atoms with Crippen LogP contribution in [0.5, 0.6) is 5.75 Å². The van der Waals surface area contributed by atoms with Crippen molar-refractivity contribution in [1.82, 2.24) is 0 Å². The molecule has 1 heteroatoms. The maximum atomic E-state index is 5.43. The number of aryl methyl sites for hydroxylation is 2. The molecule has 2 rings (SSSR count). The third-order valence-corrected chi connectivity index (χ3v) is 5.01. The van der Waals surface area contributed by atoms with Crippen molar-refractivity contribution in [3.8, 4) is 5.75 Å². The molecule has 1 nitrogen and oxygen atoms in total. The molecule has 0 bridgehead atoms. The molecule has 0 atom stereocenters. The van der Waals surface area contributed by atoms with E-state index >= 15 is 0 Å². The molecule has 0 aliphatic heterocycles. The average Bonchev–Trinajstić information content (AvgIpc) is 2.25. The fraction of sp³-hybridized carbons (Fsp3) is 0.625. The second kappa shape index (κ2) is 3.76. The number of benzene rings is 1. The summed E-state index contributed by atoms with van der Waals surface area (Å²) in [6.07, 6.45) is 2.42. The molecule has 0 saturated carbocycles. The van der Waals surface area contributed by atoms with E-state index in [-0.39, 0.29) is 5.41 Å². The monoisotopic (exact) mass is 232 g/mol. The number of hydrogen-bond donors (Lipinski definition) is 0. The predicted molar refractivity (Wildman–Crippen MR) is 72.9 cm³/mol.